The van der Waals surface area contributed by atoms with Gasteiger partial charge in [0, 0.05) is 26.7 Å². The molecule has 21 heavy (non-hydrogen) atoms. The lowest BCUT2D eigenvalue weighted by Crippen LogP contribution is -2.48. The fourth-order valence-corrected chi connectivity index (χ4v) is 2.44. The van der Waals surface area contributed by atoms with Gasteiger partial charge in [-0.05, 0) is 26.2 Å². The number of nitrogens with one attached hydrogen (secondary N) is 1. The van der Waals surface area contributed by atoms with Gasteiger partial charge in [0.15, 0.2) is 0 Å². The van der Waals surface area contributed by atoms with Crippen LogP contribution in [-0.4, -0.2) is 54.4 Å². The summed E-state index contributed by atoms with van der Waals surface area (Å²) in [5, 5.41) is 3.18. The Morgan fingerprint density at radius 1 is 1.29 bits per heavy atom. The van der Waals surface area contributed by atoms with Gasteiger partial charge < -0.3 is 19.7 Å². The summed E-state index contributed by atoms with van der Waals surface area (Å²) in [5.41, 5.74) is -0.158. The zero-order chi connectivity index (χ0) is 15.3. The van der Waals surface area contributed by atoms with Crippen molar-refractivity contribution in [2.24, 2.45) is 0 Å². The second-order valence-corrected chi connectivity index (χ2v) is 5.55. The van der Waals surface area contributed by atoms with Crippen LogP contribution >= 0.6 is 0 Å². The van der Waals surface area contributed by atoms with Gasteiger partial charge in [-0.2, -0.15) is 15.0 Å². The van der Waals surface area contributed by atoms with Crippen molar-refractivity contribution in [2.45, 2.75) is 38.7 Å². The summed E-state index contributed by atoms with van der Waals surface area (Å²) in [4.78, 5) is 15.2. The molecule has 7 heteroatoms. The Balaban J connectivity index is 2.21. The number of ether oxygens (including phenoxy) is 2. The zero-order valence-corrected chi connectivity index (χ0v) is 13.3. The molecular weight excluding hydrogens is 270 g/mol. The predicted molar refractivity (Wildman–Crippen MR) is 82.0 cm³/mol. The molecule has 1 aliphatic heterocycles. The van der Waals surface area contributed by atoms with Gasteiger partial charge in [-0.25, -0.2) is 0 Å². The lowest BCUT2D eigenvalue weighted by atomic mass is 9.95. The fourth-order valence-electron chi connectivity index (χ4n) is 2.44. The highest BCUT2D eigenvalue weighted by Crippen LogP contribution is 2.27. The lowest BCUT2D eigenvalue weighted by molar-refractivity contribution is -0.00501. The molecule has 1 aromatic heterocycles. The fraction of sp³-hybridized carbons (Fsp3) is 0.786. The molecule has 0 radical (unpaired) electrons. The number of hydrogen-bond acceptors (Lipinski definition) is 7. The van der Waals surface area contributed by atoms with E-state index >= 15 is 0 Å². The van der Waals surface area contributed by atoms with Crippen LogP contribution in [-0.2, 0) is 4.74 Å². The Labute approximate surface area is 126 Å². The van der Waals surface area contributed by atoms with E-state index in [1.165, 1.54) is 0 Å². The van der Waals surface area contributed by atoms with E-state index in [1.54, 1.807) is 14.2 Å². The van der Waals surface area contributed by atoms with Crippen molar-refractivity contribution in [1.29, 1.82) is 0 Å². The van der Waals surface area contributed by atoms with Gasteiger partial charge >= 0.3 is 6.01 Å². The average Bonchev–Trinajstić information content (AvgIpc) is 2.52. The second kappa shape index (κ2) is 6.89. The van der Waals surface area contributed by atoms with Crippen LogP contribution in [0.1, 0.15) is 33.1 Å². The molecule has 0 saturated carbocycles. The molecule has 1 atom stereocenters. The molecule has 0 amide bonds. The number of nitrogens with zero attached hydrogens (tertiary/aromatic N) is 4. The van der Waals surface area contributed by atoms with Crippen molar-refractivity contribution in [2.75, 3.05) is 44.1 Å². The van der Waals surface area contributed by atoms with Gasteiger partial charge in [-0.15, -0.1) is 0 Å². The molecule has 1 saturated heterocycles. The van der Waals surface area contributed by atoms with Crippen LogP contribution < -0.4 is 15.0 Å². The first kappa shape index (κ1) is 15.8. The molecule has 0 aliphatic carbocycles. The van der Waals surface area contributed by atoms with Gasteiger partial charge in [0.05, 0.1) is 12.7 Å². The highest BCUT2D eigenvalue weighted by atomic mass is 16.5. The molecule has 2 rings (SSSR count). The van der Waals surface area contributed by atoms with Gasteiger partial charge in [-0.3, -0.25) is 0 Å². The van der Waals surface area contributed by atoms with E-state index in [1.807, 2.05) is 0 Å². The van der Waals surface area contributed by atoms with Crippen molar-refractivity contribution in [3.8, 4) is 6.01 Å². The van der Waals surface area contributed by atoms with Crippen LogP contribution in [0.15, 0.2) is 0 Å². The van der Waals surface area contributed by atoms with Crippen molar-refractivity contribution in [3.05, 3.63) is 0 Å². The molecule has 1 N–H and O–H groups in total. The minimum atomic E-state index is -0.158. The third-order valence-electron chi connectivity index (χ3n) is 3.75. The second-order valence-electron chi connectivity index (χ2n) is 5.55. The Morgan fingerprint density at radius 2 is 2.10 bits per heavy atom. The summed E-state index contributed by atoms with van der Waals surface area (Å²) >= 11 is 0. The van der Waals surface area contributed by atoms with E-state index in [2.05, 4.69) is 39.0 Å². The maximum Gasteiger partial charge on any atom is 0.322 e. The topological polar surface area (TPSA) is 72.4 Å². The number of anilines is 2. The van der Waals surface area contributed by atoms with Crippen molar-refractivity contribution >= 4 is 11.9 Å². The number of aromatic nitrogens is 3. The van der Waals surface area contributed by atoms with E-state index in [0.29, 0.717) is 17.9 Å². The number of methoxy groups -OCH3 is 2. The molecule has 1 aliphatic rings. The Kier molecular flexibility index (Phi) is 5.17. The highest BCUT2D eigenvalue weighted by Gasteiger charge is 2.32. The molecule has 0 spiro atoms. The van der Waals surface area contributed by atoms with Crippen LogP contribution in [0.25, 0.3) is 0 Å². The predicted octanol–water partition coefficient (Wildman–Crippen LogP) is 1.71. The van der Waals surface area contributed by atoms with Crippen molar-refractivity contribution in [3.63, 3.8) is 0 Å². The first-order chi connectivity index (χ1) is 10.1. The van der Waals surface area contributed by atoms with Gasteiger partial charge in [0.1, 0.15) is 0 Å². The molecule has 0 aromatic carbocycles. The van der Waals surface area contributed by atoms with Crippen LogP contribution in [0.2, 0.25) is 0 Å². The van der Waals surface area contributed by atoms with Crippen molar-refractivity contribution < 1.29 is 9.47 Å². The average molecular weight is 295 g/mol. The molecule has 118 valence electrons. The summed E-state index contributed by atoms with van der Waals surface area (Å²) in [6.45, 7) is 6.72. The van der Waals surface area contributed by atoms with Crippen molar-refractivity contribution in [1.82, 2.24) is 15.0 Å². The third-order valence-corrected chi connectivity index (χ3v) is 3.75. The Bertz CT molecular complexity index is 471. The van der Waals surface area contributed by atoms with Crippen LogP contribution in [0.4, 0.5) is 11.9 Å². The van der Waals surface area contributed by atoms with Gasteiger partial charge in [-0.1, -0.05) is 6.92 Å². The van der Waals surface area contributed by atoms with E-state index in [4.69, 9.17) is 9.47 Å². The monoisotopic (exact) mass is 295 g/mol. The number of rotatable bonds is 6. The summed E-state index contributed by atoms with van der Waals surface area (Å²) < 4.78 is 10.8. The number of hydrogen-bond donors (Lipinski definition) is 1. The highest BCUT2D eigenvalue weighted by molar-refractivity contribution is 5.39. The third kappa shape index (κ3) is 3.93. The summed E-state index contributed by atoms with van der Waals surface area (Å²) in [6, 6.07) is 0.336. The summed E-state index contributed by atoms with van der Waals surface area (Å²) in [6.07, 6.45) is 3.11. The van der Waals surface area contributed by atoms with E-state index in [-0.39, 0.29) is 5.60 Å². The molecule has 7 nitrogen and oxygen atoms in total. The molecule has 0 bridgehead atoms. The standard InChI is InChI=1S/C14H25N5O2/c1-5-8-15-11-16-12(18-13(17-11)20-3)19-9-6-7-14(2,10-19)21-4/h5-10H2,1-4H3,(H,15,16,17,18). The Hall–Kier alpha value is -1.63. The minimum absolute atomic E-state index is 0.158. The molecule has 1 aromatic rings. The largest absolute Gasteiger partial charge is 0.467 e. The Morgan fingerprint density at radius 3 is 2.76 bits per heavy atom. The van der Waals surface area contributed by atoms with Crippen LogP contribution in [0.5, 0.6) is 6.01 Å². The first-order valence-corrected chi connectivity index (χ1v) is 7.44. The van der Waals surface area contributed by atoms with E-state index < -0.39 is 0 Å². The number of piperidine rings is 1. The van der Waals surface area contributed by atoms with Gasteiger partial charge in [0.2, 0.25) is 11.9 Å². The van der Waals surface area contributed by atoms with E-state index in [0.717, 1.165) is 38.9 Å². The summed E-state index contributed by atoms with van der Waals surface area (Å²) in [7, 11) is 3.32. The van der Waals surface area contributed by atoms with E-state index in [9.17, 15) is 0 Å². The first-order valence-electron chi connectivity index (χ1n) is 7.44. The molecular formula is C14H25N5O2. The normalized spacial score (nSPS) is 22.2. The lowest BCUT2D eigenvalue weighted by Gasteiger charge is -2.39. The SMILES string of the molecule is CCCNc1nc(OC)nc(N2CCCC(C)(OC)C2)n1. The molecule has 2 heterocycles. The maximum atomic E-state index is 5.62. The minimum Gasteiger partial charge on any atom is -0.467 e. The zero-order valence-electron chi connectivity index (χ0n) is 13.3. The summed E-state index contributed by atoms with van der Waals surface area (Å²) in [5.74, 6) is 1.20. The molecule has 1 unspecified atom stereocenters. The smallest absolute Gasteiger partial charge is 0.322 e. The quantitative estimate of drug-likeness (QED) is 0.856. The maximum absolute atomic E-state index is 5.62. The van der Waals surface area contributed by atoms with Gasteiger partial charge in [0.25, 0.3) is 0 Å². The van der Waals surface area contributed by atoms with Crippen LogP contribution in [0.3, 0.4) is 0 Å². The molecule has 1 fully saturated rings. The van der Waals surface area contributed by atoms with Crippen LogP contribution in [0, 0.1) is 0 Å².